The first-order chi connectivity index (χ1) is 6.21. The predicted octanol–water partition coefficient (Wildman–Crippen LogP) is -4.03. The van der Waals surface area contributed by atoms with Crippen LogP contribution < -0.4 is 34.0 Å². The van der Waals surface area contributed by atoms with E-state index in [-0.39, 0.29) is 34.0 Å². The van der Waals surface area contributed by atoms with Gasteiger partial charge in [-0.15, -0.1) is 0 Å². The predicted molar refractivity (Wildman–Crippen MR) is 64.3 cm³/mol. The lowest BCUT2D eigenvalue weighted by Gasteiger charge is -2.25. The zero-order valence-corrected chi connectivity index (χ0v) is 15.1. The zero-order chi connectivity index (χ0) is 11.2. The second kappa shape index (κ2) is 9.86. The van der Waals surface area contributed by atoms with Gasteiger partial charge < -0.3 is 42.9 Å². The summed E-state index contributed by atoms with van der Waals surface area (Å²) in [7, 11) is 13.6. The smallest absolute Gasteiger partial charge is 0.0780 e. The van der Waals surface area contributed by atoms with Crippen molar-refractivity contribution in [2.75, 3.05) is 55.4 Å². The molecule has 0 spiro atoms. The lowest BCUT2D eigenvalue weighted by atomic mass is 10.1. The number of halogens is 2. The Labute approximate surface area is 124 Å². The summed E-state index contributed by atoms with van der Waals surface area (Å²) in [4.78, 5) is 0. The maximum absolute atomic E-state index is 2.27. The van der Waals surface area contributed by atoms with Crippen LogP contribution in [0, 0.1) is 0 Å². The van der Waals surface area contributed by atoms with Crippen molar-refractivity contribution >= 4 is 0 Å². The molecule has 0 saturated heterocycles. The van der Waals surface area contributed by atoms with E-state index in [4.69, 9.17) is 0 Å². The molecule has 0 rings (SSSR count). The third-order valence-corrected chi connectivity index (χ3v) is 2.41. The van der Waals surface area contributed by atoms with E-state index in [9.17, 15) is 0 Å². The molecule has 0 radical (unpaired) electrons. The van der Waals surface area contributed by atoms with Crippen molar-refractivity contribution in [3.05, 3.63) is 0 Å². The normalized spacial score (nSPS) is 11.6. The van der Waals surface area contributed by atoms with Gasteiger partial charge in [-0.05, 0) is 25.7 Å². The maximum atomic E-state index is 2.27. The first kappa shape index (κ1) is 22.1. The largest absolute Gasteiger partial charge is 1.00 e. The van der Waals surface area contributed by atoms with E-state index in [0.29, 0.717) is 0 Å². The summed E-state index contributed by atoms with van der Waals surface area (Å²) in [6.45, 7) is 2.62. The van der Waals surface area contributed by atoms with Gasteiger partial charge in [0.15, 0.2) is 0 Å². The molecule has 0 N–H and O–H groups in total. The average molecular weight is 362 g/mol. The average Bonchev–Trinajstić information content (AvgIpc) is 1.92. The quantitative estimate of drug-likeness (QED) is 0.320. The molecule has 0 fully saturated rings. The second-order valence-corrected chi connectivity index (χ2v) is 6.44. The molecular formula is C12H30Br2N2. The topological polar surface area (TPSA) is 0 Å². The van der Waals surface area contributed by atoms with Gasteiger partial charge in [0.25, 0.3) is 0 Å². The zero-order valence-electron chi connectivity index (χ0n) is 11.9. The minimum atomic E-state index is 0. The summed E-state index contributed by atoms with van der Waals surface area (Å²) in [6.07, 6.45) is 5.55. The Morgan fingerprint density at radius 2 is 0.750 bits per heavy atom. The Morgan fingerprint density at radius 1 is 0.500 bits per heavy atom. The van der Waals surface area contributed by atoms with Gasteiger partial charge in [-0.2, -0.15) is 0 Å². The van der Waals surface area contributed by atoms with Crippen LogP contribution in [0.3, 0.4) is 0 Å². The monoisotopic (exact) mass is 360 g/mol. The number of unbranched alkanes of at least 4 members (excludes halogenated alkanes) is 3. The van der Waals surface area contributed by atoms with E-state index in [0.717, 1.165) is 8.97 Å². The fourth-order valence-electron chi connectivity index (χ4n) is 1.53. The van der Waals surface area contributed by atoms with Crippen LogP contribution >= 0.6 is 0 Å². The molecule has 0 aromatic heterocycles. The van der Waals surface area contributed by atoms with E-state index in [2.05, 4.69) is 42.3 Å². The highest BCUT2D eigenvalue weighted by molar-refractivity contribution is 4.42. The molecule has 16 heavy (non-hydrogen) atoms. The maximum Gasteiger partial charge on any atom is 0.0780 e. The van der Waals surface area contributed by atoms with Crippen molar-refractivity contribution in [3.8, 4) is 0 Å². The van der Waals surface area contributed by atoms with Gasteiger partial charge in [-0.25, -0.2) is 0 Å². The molecule has 0 aliphatic rings. The Bertz CT molecular complexity index is 130. The molecule has 0 aromatic rings. The summed E-state index contributed by atoms with van der Waals surface area (Å²) >= 11 is 0. The van der Waals surface area contributed by atoms with Crippen molar-refractivity contribution in [1.82, 2.24) is 0 Å². The van der Waals surface area contributed by atoms with E-state index in [1.165, 1.54) is 38.8 Å². The summed E-state index contributed by atoms with van der Waals surface area (Å²) in [5, 5.41) is 0. The highest BCUT2D eigenvalue weighted by Crippen LogP contribution is 2.05. The van der Waals surface area contributed by atoms with Gasteiger partial charge >= 0.3 is 0 Å². The molecule has 0 bridgehead atoms. The second-order valence-electron chi connectivity index (χ2n) is 6.44. The first-order valence-corrected chi connectivity index (χ1v) is 5.82. The third-order valence-electron chi connectivity index (χ3n) is 2.41. The van der Waals surface area contributed by atoms with Gasteiger partial charge in [0.1, 0.15) is 0 Å². The van der Waals surface area contributed by atoms with Crippen molar-refractivity contribution in [3.63, 3.8) is 0 Å². The van der Waals surface area contributed by atoms with Gasteiger partial charge in [0.05, 0.1) is 55.4 Å². The van der Waals surface area contributed by atoms with Crippen molar-refractivity contribution in [2.24, 2.45) is 0 Å². The minimum Gasteiger partial charge on any atom is -1.00 e. The summed E-state index contributed by atoms with van der Waals surface area (Å²) in [5.74, 6) is 0. The molecule has 0 amide bonds. The highest BCUT2D eigenvalue weighted by atomic mass is 79.9. The first-order valence-electron chi connectivity index (χ1n) is 5.82. The molecule has 102 valence electrons. The standard InChI is InChI=1S/C12H30N2.2BrH/c1-13(2,3)11-9-7-8-10-12-14(4,5)6;;/h7-12H2,1-6H3;2*1H/q+2;;/p-2. The van der Waals surface area contributed by atoms with Gasteiger partial charge in [0.2, 0.25) is 0 Å². The van der Waals surface area contributed by atoms with Crippen LogP contribution in [0.15, 0.2) is 0 Å². The SMILES string of the molecule is C[N+](C)(C)CCCCCC[N+](C)(C)C.[Br-].[Br-]. The lowest BCUT2D eigenvalue weighted by Crippen LogP contribution is -3.00. The Balaban J connectivity index is -0.000000845. The van der Waals surface area contributed by atoms with Gasteiger partial charge in [-0.3, -0.25) is 0 Å². The molecule has 0 aliphatic carbocycles. The van der Waals surface area contributed by atoms with Gasteiger partial charge in [-0.1, -0.05) is 0 Å². The van der Waals surface area contributed by atoms with E-state index in [1.807, 2.05) is 0 Å². The Kier molecular flexibility index (Phi) is 13.6. The van der Waals surface area contributed by atoms with Crippen molar-refractivity contribution in [1.29, 1.82) is 0 Å². The lowest BCUT2D eigenvalue weighted by molar-refractivity contribution is -0.871. The van der Waals surface area contributed by atoms with E-state index < -0.39 is 0 Å². The number of quaternary nitrogens is 2. The summed E-state index contributed by atoms with van der Waals surface area (Å²) in [6, 6.07) is 0. The minimum absolute atomic E-state index is 0. The summed E-state index contributed by atoms with van der Waals surface area (Å²) < 4.78 is 2.21. The van der Waals surface area contributed by atoms with Crippen LogP contribution in [0.1, 0.15) is 25.7 Å². The molecule has 0 unspecified atom stereocenters. The van der Waals surface area contributed by atoms with Crippen LogP contribution in [-0.2, 0) is 0 Å². The molecule has 0 aromatic carbocycles. The highest BCUT2D eigenvalue weighted by Gasteiger charge is 2.07. The Hall–Kier alpha value is 0.880. The Morgan fingerprint density at radius 3 is 0.938 bits per heavy atom. The molecule has 4 heteroatoms. The van der Waals surface area contributed by atoms with Crippen LogP contribution in [0.25, 0.3) is 0 Å². The van der Waals surface area contributed by atoms with Crippen LogP contribution in [0.5, 0.6) is 0 Å². The third kappa shape index (κ3) is 20.3. The van der Waals surface area contributed by atoms with Crippen molar-refractivity contribution in [2.45, 2.75) is 25.7 Å². The molecule has 2 nitrogen and oxygen atoms in total. The molecular weight excluding hydrogens is 332 g/mol. The van der Waals surface area contributed by atoms with E-state index in [1.54, 1.807) is 0 Å². The molecule has 0 saturated carbocycles. The van der Waals surface area contributed by atoms with Crippen LogP contribution in [0.2, 0.25) is 0 Å². The van der Waals surface area contributed by atoms with Gasteiger partial charge in [0, 0.05) is 0 Å². The number of rotatable bonds is 7. The number of hydrogen-bond donors (Lipinski definition) is 0. The molecule has 0 aliphatic heterocycles. The molecule has 0 heterocycles. The fourth-order valence-corrected chi connectivity index (χ4v) is 1.53. The van der Waals surface area contributed by atoms with Crippen LogP contribution in [0.4, 0.5) is 0 Å². The van der Waals surface area contributed by atoms with Crippen molar-refractivity contribution < 1.29 is 42.9 Å². The van der Waals surface area contributed by atoms with Crippen LogP contribution in [-0.4, -0.2) is 64.3 Å². The number of nitrogens with zero attached hydrogens (tertiary/aromatic N) is 2. The molecule has 0 atom stereocenters. The fraction of sp³-hybridized carbons (Fsp3) is 1.00. The number of hydrogen-bond acceptors (Lipinski definition) is 0. The summed E-state index contributed by atoms with van der Waals surface area (Å²) in [5.41, 5.74) is 0. The van der Waals surface area contributed by atoms with E-state index >= 15 is 0 Å².